The van der Waals surface area contributed by atoms with Crippen LogP contribution in [0.4, 0.5) is 0 Å². The summed E-state index contributed by atoms with van der Waals surface area (Å²) in [4.78, 5) is 45.7. The lowest BCUT2D eigenvalue weighted by Gasteiger charge is -2.21. The number of aliphatic carboxylic acids is 1. The van der Waals surface area contributed by atoms with E-state index in [4.69, 9.17) is 10.8 Å². The molecule has 1 heterocycles. The van der Waals surface area contributed by atoms with Gasteiger partial charge in [0.25, 0.3) is 0 Å². The summed E-state index contributed by atoms with van der Waals surface area (Å²) in [5.41, 5.74) is 4.93. The molecule has 0 spiro atoms. The topological polar surface area (TPSA) is 151 Å². The third kappa shape index (κ3) is 5.53. The van der Waals surface area contributed by atoms with E-state index < -0.39 is 36.3 Å². The van der Waals surface area contributed by atoms with Crippen molar-refractivity contribution in [2.75, 3.05) is 12.3 Å². The molecule has 9 nitrogen and oxygen atoms in total. The van der Waals surface area contributed by atoms with Crippen LogP contribution in [0.1, 0.15) is 19.3 Å². The van der Waals surface area contributed by atoms with Crippen molar-refractivity contribution < 1.29 is 24.3 Å². The van der Waals surface area contributed by atoms with Crippen molar-refractivity contribution in [3.63, 3.8) is 0 Å². The highest BCUT2D eigenvalue weighted by atomic mass is 32.1. The lowest BCUT2D eigenvalue weighted by atomic mass is 10.1. The summed E-state index contributed by atoms with van der Waals surface area (Å²) in [5, 5.41) is 16.6. The average Bonchev–Trinajstić information content (AvgIpc) is 2.97. The molecule has 3 amide bonds. The van der Waals surface area contributed by atoms with Gasteiger partial charge in [-0.25, -0.2) is 4.79 Å². The summed E-state index contributed by atoms with van der Waals surface area (Å²) in [5.74, 6) is -3.31. The molecule has 0 bridgehead atoms. The highest BCUT2D eigenvalue weighted by molar-refractivity contribution is 7.80. The molecular weight excluding hydrogens is 312 g/mol. The molecule has 0 aromatic rings. The van der Waals surface area contributed by atoms with Crippen LogP contribution >= 0.6 is 12.6 Å². The Morgan fingerprint density at radius 1 is 1.27 bits per heavy atom. The maximum Gasteiger partial charge on any atom is 0.326 e. The van der Waals surface area contributed by atoms with Crippen LogP contribution in [0.15, 0.2) is 0 Å². The predicted octanol–water partition coefficient (Wildman–Crippen LogP) is -2.40. The number of nitrogens with two attached hydrogens (primary N) is 1. The summed E-state index contributed by atoms with van der Waals surface area (Å²) in [6.45, 7) is 0.732. The Morgan fingerprint density at radius 3 is 2.41 bits per heavy atom. The fourth-order valence-corrected chi connectivity index (χ4v) is 2.31. The monoisotopic (exact) mass is 332 g/mol. The molecule has 0 aliphatic carbocycles. The van der Waals surface area contributed by atoms with Crippen LogP contribution in [-0.4, -0.2) is 59.2 Å². The zero-order chi connectivity index (χ0) is 16.7. The molecule has 124 valence electrons. The number of carbonyl (C=O) groups is 4. The lowest BCUT2D eigenvalue weighted by Crippen LogP contribution is -2.55. The van der Waals surface area contributed by atoms with Crippen molar-refractivity contribution in [3.05, 3.63) is 0 Å². The summed E-state index contributed by atoms with van der Waals surface area (Å²) < 4.78 is 0. The summed E-state index contributed by atoms with van der Waals surface area (Å²) in [6.07, 6.45) is 1.01. The quantitative estimate of drug-likeness (QED) is 0.273. The smallest absolute Gasteiger partial charge is 0.326 e. The minimum atomic E-state index is -1.44. The van der Waals surface area contributed by atoms with Gasteiger partial charge in [-0.1, -0.05) is 0 Å². The van der Waals surface area contributed by atoms with E-state index in [9.17, 15) is 19.2 Å². The zero-order valence-electron chi connectivity index (χ0n) is 11.9. The van der Waals surface area contributed by atoms with Crippen LogP contribution < -0.4 is 21.7 Å². The van der Waals surface area contributed by atoms with Crippen LogP contribution in [0.3, 0.4) is 0 Å². The number of rotatable bonds is 8. The second-order valence-electron chi connectivity index (χ2n) is 4.96. The SMILES string of the molecule is NC(=O)C[C@H](NC(=O)[C@H](CS)NC(=O)[C@@H]1CCCN1)C(=O)O. The molecule has 0 saturated carbocycles. The molecular formula is C12H20N4O5S. The number of carbonyl (C=O) groups excluding carboxylic acids is 3. The standard InChI is InChI=1S/C12H20N4O5S/c13-9(17)4-7(12(20)21)15-11(19)8(5-22)16-10(18)6-2-1-3-14-6/h6-8,14,22H,1-5H2,(H2,13,17)(H,15,19)(H,16,18)(H,20,21)/t6-,7-,8-/m0/s1. The Morgan fingerprint density at radius 2 is 1.95 bits per heavy atom. The van der Waals surface area contributed by atoms with E-state index in [2.05, 4.69) is 28.6 Å². The molecule has 0 aromatic carbocycles. The van der Waals surface area contributed by atoms with E-state index >= 15 is 0 Å². The fourth-order valence-electron chi connectivity index (χ4n) is 2.05. The van der Waals surface area contributed by atoms with Crippen molar-refractivity contribution in [1.29, 1.82) is 0 Å². The fraction of sp³-hybridized carbons (Fsp3) is 0.667. The summed E-state index contributed by atoms with van der Waals surface area (Å²) in [6, 6.07) is -2.79. The van der Waals surface area contributed by atoms with Crippen molar-refractivity contribution in [2.45, 2.75) is 37.4 Å². The zero-order valence-corrected chi connectivity index (χ0v) is 12.8. The number of hydrogen-bond acceptors (Lipinski definition) is 6. The molecule has 1 fully saturated rings. The molecule has 22 heavy (non-hydrogen) atoms. The highest BCUT2D eigenvalue weighted by Crippen LogP contribution is 2.05. The van der Waals surface area contributed by atoms with Gasteiger partial charge in [-0.05, 0) is 19.4 Å². The maximum atomic E-state index is 12.0. The van der Waals surface area contributed by atoms with Crippen molar-refractivity contribution in [3.8, 4) is 0 Å². The number of hydrogen-bond donors (Lipinski definition) is 6. The first kappa shape index (κ1) is 18.2. The van der Waals surface area contributed by atoms with E-state index in [-0.39, 0.29) is 17.7 Å². The van der Waals surface area contributed by atoms with Crippen molar-refractivity contribution in [2.24, 2.45) is 5.73 Å². The molecule has 1 saturated heterocycles. The van der Waals surface area contributed by atoms with Crippen LogP contribution in [0.5, 0.6) is 0 Å². The average molecular weight is 332 g/mol. The molecule has 1 aliphatic rings. The van der Waals surface area contributed by atoms with E-state index in [0.717, 1.165) is 13.0 Å². The Kier molecular flexibility index (Phi) is 7.12. The minimum Gasteiger partial charge on any atom is -0.480 e. The molecule has 1 rings (SSSR count). The second-order valence-corrected chi connectivity index (χ2v) is 5.33. The van der Waals surface area contributed by atoms with Gasteiger partial charge in [0, 0.05) is 5.75 Å². The Balaban J connectivity index is 2.60. The lowest BCUT2D eigenvalue weighted by molar-refractivity contribution is -0.143. The summed E-state index contributed by atoms with van der Waals surface area (Å²) >= 11 is 3.98. The van der Waals surface area contributed by atoms with Gasteiger partial charge in [0.2, 0.25) is 17.7 Å². The largest absolute Gasteiger partial charge is 0.480 e. The molecule has 1 aliphatic heterocycles. The van der Waals surface area contributed by atoms with Gasteiger partial charge in [0.1, 0.15) is 12.1 Å². The number of carboxylic acid groups (broad SMARTS) is 1. The third-order valence-electron chi connectivity index (χ3n) is 3.21. The maximum absolute atomic E-state index is 12.0. The second kappa shape index (κ2) is 8.59. The Hall–Kier alpha value is -1.81. The van der Waals surface area contributed by atoms with E-state index in [1.54, 1.807) is 0 Å². The molecule has 0 unspecified atom stereocenters. The number of nitrogens with one attached hydrogen (secondary N) is 3. The van der Waals surface area contributed by atoms with Gasteiger partial charge in [-0.3, -0.25) is 14.4 Å². The molecule has 0 aromatic heterocycles. The molecule has 3 atom stereocenters. The predicted molar refractivity (Wildman–Crippen MR) is 80.2 cm³/mol. The van der Waals surface area contributed by atoms with Gasteiger partial charge < -0.3 is 26.8 Å². The van der Waals surface area contributed by atoms with Gasteiger partial charge in [0.05, 0.1) is 12.5 Å². The number of primary amides is 1. The van der Waals surface area contributed by atoms with E-state index in [1.807, 2.05) is 0 Å². The first-order valence-electron chi connectivity index (χ1n) is 6.81. The normalized spacial score (nSPS) is 20.0. The van der Waals surface area contributed by atoms with Gasteiger partial charge >= 0.3 is 5.97 Å². The van der Waals surface area contributed by atoms with Crippen LogP contribution in [0.2, 0.25) is 0 Å². The molecule has 0 radical (unpaired) electrons. The van der Waals surface area contributed by atoms with E-state index in [0.29, 0.717) is 6.42 Å². The molecule has 10 heteroatoms. The van der Waals surface area contributed by atoms with Gasteiger partial charge in [0.15, 0.2) is 0 Å². The van der Waals surface area contributed by atoms with Gasteiger partial charge in [-0.15, -0.1) is 0 Å². The first-order chi connectivity index (χ1) is 10.3. The Bertz CT molecular complexity index is 453. The van der Waals surface area contributed by atoms with Crippen LogP contribution in [0.25, 0.3) is 0 Å². The van der Waals surface area contributed by atoms with Gasteiger partial charge in [-0.2, -0.15) is 12.6 Å². The highest BCUT2D eigenvalue weighted by Gasteiger charge is 2.29. The number of amides is 3. The first-order valence-corrected chi connectivity index (χ1v) is 7.44. The van der Waals surface area contributed by atoms with Crippen LogP contribution in [0, 0.1) is 0 Å². The Labute approximate surface area is 132 Å². The molecule has 6 N–H and O–H groups in total. The minimum absolute atomic E-state index is 0.00674. The van der Waals surface area contributed by atoms with Crippen LogP contribution in [-0.2, 0) is 19.2 Å². The summed E-state index contributed by atoms with van der Waals surface area (Å²) in [7, 11) is 0. The number of thiol groups is 1. The van der Waals surface area contributed by atoms with E-state index in [1.165, 1.54) is 0 Å². The third-order valence-corrected chi connectivity index (χ3v) is 3.58. The van der Waals surface area contributed by atoms with Crippen molar-refractivity contribution in [1.82, 2.24) is 16.0 Å². The number of carboxylic acids is 1. The van der Waals surface area contributed by atoms with Crippen molar-refractivity contribution >= 4 is 36.3 Å².